The van der Waals surface area contributed by atoms with Crippen molar-refractivity contribution in [3.8, 4) is 0 Å². The van der Waals surface area contributed by atoms with E-state index >= 15 is 0 Å². The number of halogens is 9. The summed E-state index contributed by atoms with van der Waals surface area (Å²) in [6.45, 7) is 2.82. The van der Waals surface area contributed by atoms with E-state index in [1.807, 2.05) is 0 Å². The van der Waals surface area contributed by atoms with Crippen LogP contribution in [0.3, 0.4) is 0 Å². The molecule has 0 aliphatic heterocycles. The molecule has 0 amide bonds. The number of alkyl halides is 9. The fourth-order valence-corrected chi connectivity index (χ4v) is 2.66. The number of hydrogen-bond acceptors (Lipinski definition) is 1. The predicted octanol–water partition coefficient (Wildman–Crippen LogP) is 6.39. The fraction of sp³-hybridized carbons (Fsp3) is 0.688. The summed E-state index contributed by atoms with van der Waals surface area (Å²) in [6.07, 6.45) is -5.62. The van der Waals surface area contributed by atoms with E-state index in [0.29, 0.717) is 6.42 Å². The first-order valence-corrected chi connectivity index (χ1v) is 7.73. The summed E-state index contributed by atoms with van der Waals surface area (Å²) in [5, 5.41) is 0. The quantitative estimate of drug-likeness (QED) is 0.465. The van der Waals surface area contributed by atoms with Gasteiger partial charge in [-0.15, -0.1) is 0 Å². The molecule has 1 nitrogen and oxygen atoms in total. The summed E-state index contributed by atoms with van der Waals surface area (Å²) in [6, 6.07) is 2.48. The Balaban J connectivity index is 3.32. The molecule has 1 heterocycles. The van der Waals surface area contributed by atoms with Gasteiger partial charge in [-0.1, -0.05) is 26.7 Å². The van der Waals surface area contributed by atoms with Crippen LogP contribution in [0.4, 0.5) is 39.5 Å². The molecule has 0 radical (unpaired) electrons. The highest BCUT2D eigenvalue weighted by Gasteiger charge is 2.81. The molecular weight excluding hydrogens is 377 g/mol. The molecule has 0 aromatic carbocycles. The van der Waals surface area contributed by atoms with Crippen molar-refractivity contribution >= 4 is 0 Å². The minimum absolute atomic E-state index is 0.100. The minimum Gasteiger partial charge on any atom is -0.265 e. The predicted molar refractivity (Wildman–Crippen MR) is 76.6 cm³/mol. The maximum atomic E-state index is 14.1. The van der Waals surface area contributed by atoms with Gasteiger partial charge in [0.05, 0.1) is 0 Å². The van der Waals surface area contributed by atoms with E-state index in [9.17, 15) is 39.5 Å². The van der Waals surface area contributed by atoms with Crippen molar-refractivity contribution in [2.45, 2.75) is 68.9 Å². The first-order chi connectivity index (χ1) is 11.6. The van der Waals surface area contributed by atoms with Gasteiger partial charge in [0, 0.05) is 18.8 Å². The van der Waals surface area contributed by atoms with Crippen LogP contribution in [-0.4, -0.2) is 28.9 Å². The Bertz CT molecular complexity index is 583. The van der Waals surface area contributed by atoms with Crippen LogP contribution in [0, 0.1) is 0 Å². The van der Waals surface area contributed by atoms with E-state index < -0.39 is 35.8 Å². The van der Waals surface area contributed by atoms with Gasteiger partial charge in [0.15, 0.2) is 0 Å². The second-order valence-electron chi connectivity index (χ2n) is 6.43. The van der Waals surface area contributed by atoms with E-state index in [2.05, 4.69) is 4.98 Å². The highest BCUT2D eigenvalue weighted by molar-refractivity contribution is 5.23. The Kier molecular flexibility index (Phi) is 6.30. The molecule has 150 valence electrons. The molecule has 0 aliphatic rings. The molecule has 1 rings (SSSR count). The van der Waals surface area contributed by atoms with Crippen LogP contribution in [0.15, 0.2) is 24.5 Å². The van der Waals surface area contributed by atoms with Crippen molar-refractivity contribution in [3.63, 3.8) is 0 Å². The first-order valence-electron chi connectivity index (χ1n) is 7.73. The van der Waals surface area contributed by atoms with Gasteiger partial charge < -0.3 is 0 Å². The number of aromatic nitrogens is 1. The number of nitrogens with zero attached hydrogens (tertiary/aromatic N) is 1. The maximum absolute atomic E-state index is 14.1. The van der Waals surface area contributed by atoms with Crippen molar-refractivity contribution < 1.29 is 39.5 Å². The number of hydrogen-bond donors (Lipinski definition) is 0. The van der Waals surface area contributed by atoms with Gasteiger partial charge in [0.25, 0.3) is 0 Å². The fourth-order valence-electron chi connectivity index (χ4n) is 2.66. The number of pyridine rings is 1. The van der Waals surface area contributed by atoms with Gasteiger partial charge in [0.2, 0.25) is 0 Å². The monoisotopic (exact) mass is 395 g/mol. The Labute approximate surface area is 144 Å². The van der Waals surface area contributed by atoms with Gasteiger partial charge in [-0.2, -0.15) is 39.5 Å². The molecule has 26 heavy (non-hydrogen) atoms. The molecule has 0 saturated heterocycles. The van der Waals surface area contributed by atoms with Crippen LogP contribution < -0.4 is 0 Å². The van der Waals surface area contributed by atoms with Crippen molar-refractivity contribution in [2.24, 2.45) is 0 Å². The lowest BCUT2D eigenvalue weighted by Crippen LogP contribution is -2.62. The zero-order valence-corrected chi connectivity index (χ0v) is 14.0. The molecule has 0 saturated carbocycles. The lowest BCUT2D eigenvalue weighted by Gasteiger charge is -2.39. The van der Waals surface area contributed by atoms with E-state index in [0.717, 1.165) is 6.92 Å². The Morgan fingerprint density at radius 2 is 1.35 bits per heavy atom. The summed E-state index contributed by atoms with van der Waals surface area (Å²) < 4.78 is 118. The molecule has 10 heteroatoms. The van der Waals surface area contributed by atoms with Crippen LogP contribution in [-0.2, 0) is 5.41 Å². The smallest absolute Gasteiger partial charge is 0.265 e. The average Bonchev–Trinajstić information content (AvgIpc) is 2.52. The highest BCUT2D eigenvalue weighted by Crippen LogP contribution is 2.56. The molecule has 1 aromatic heterocycles. The summed E-state index contributed by atoms with van der Waals surface area (Å²) in [5.74, 6) is -19.1. The largest absolute Gasteiger partial charge is 0.460 e. The second kappa shape index (κ2) is 7.26. The van der Waals surface area contributed by atoms with Crippen LogP contribution in [0.1, 0.15) is 45.1 Å². The second-order valence-corrected chi connectivity index (χ2v) is 6.43. The standard InChI is InChI=1S/C16H18F9N/c1-3-4-7-12(2,11-5-8-26-9-6-11)10-13(17,18)14(19,20)15(21,22)16(23,24)25/h5-6,8-9H,3-4,7,10H2,1-2H3. The van der Waals surface area contributed by atoms with Crippen molar-refractivity contribution in [2.75, 3.05) is 0 Å². The Hall–Kier alpha value is -1.48. The van der Waals surface area contributed by atoms with Crippen molar-refractivity contribution in [1.82, 2.24) is 4.98 Å². The molecule has 1 atom stereocenters. The average molecular weight is 395 g/mol. The third-order valence-corrected chi connectivity index (χ3v) is 4.28. The topological polar surface area (TPSA) is 12.9 Å². The molecule has 0 bridgehead atoms. The van der Waals surface area contributed by atoms with Crippen LogP contribution in [0.5, 0.6) is 0 Å². The lowest BCUT2D eigenvalue weighted by atomic mass is 9.73. The highest BCUT2D eigenvalue weighted by atomic mass is 19.4. The van der Waals surface area contributed by atoms with Gasteiger partial charge >= 0.3 is 23.9 Å². The van der Waals surface area contributed by atoms with Gasteiger partial charge in [-0.05, 0) is 29.5 Å². The minimum atomic E-state index is -6.87. The van der Waals surface area contributed by atoms with Crippen molar-refractivity contribution in [1.29, 1.82) is 0 Å². The molecule has 0 aliphatic carbocycles. The number of unbranched alkanes of at least 4 members (excludes halogenated alkanes) is 1. The molecule has 1 aromatic rings. The van der Waals surface area contributed by atoms with Gasteiger partial charge in [-0.25, -0.2) is 0 Å². The summed E-state index contributed by atoms with van der Waals surface area (Å²) in [4.78, 5) is 3.65. The van der Waals surface area contributed by atoms with Gasteiger partial charge in [0.1, 0.15) is 0 Å². The molecular formula is C16H18F9N. The lowest BCUT2D eigenvalue weighted by molar-refractivity contribution is -0.398. The van der Waals surface area contributed by atoms with Crippen LogP contribution in [0.2, 0.25) is 0 Å². The zero-order chi connectivity index (χ0) is 20.4. The molecule has 1 unspecified atom stereocenters. The Morgan fingerprint density at radius 3 is 1.77 bits per heavy atom. The maximum Gasteiger partial charge on any atom is 0.460 e. The van der Waals surface area contributed by atoms with Gasteiger partial charge in [-0.3, -0.25) is 4.98 Å². The summed E-state index contributed by atoms with van der Waals surface area (Å²) in [5.41, 5.74) is -1.64. The van der Waals surface area contributed by atoms with E-state index in [1.165, 1.54) is 24.5 Å². The van der Waals surface area contributed by atoms with E-state index in [-0.39, 0.29) is 18.4 Å². The molecule has 0 fully saturated rings. The third kappa shape index (κ3) is 4.09. The molecule has 0 N–H and O–H groups in total. The third-order valence-electron chi connectivity index (χ3n) is 4.28. The zero-order valence-electron chi connectivity index (χ0n) is 14.0. The van der Waals surface area contributed by atoms with Crippen LogP contribution in [0.25, 0.3) is 0 Å². The number of rotatable bonds is 8. The Morgan fingerprint density at radius 1 is 0.846 bits per heavy atom. The van der Waals surface area contributed by atoms with Crippen LogP contribution >= 0.6 is 0 Å². The van der Waals surface area contributed by atoms with E-state index in [4.69, 9.17) is 0 Å². The summed E-state index contributed by atoms with van der Waals surface area (Å²) >= 11 is 0. The normalized spacial score (nSPS) is 16.4. The first kappa shape index (κ1) is 22.6. The van der Waals surface area contributed by atoms with Crippen molar-refractivity contribution in [3.05, 3.63) is 30.1 Å². The molecule has 0 spiro atoms. The van der Waals surface area contributed by atoms with E-state index in [1.54, 1.807) is 6.92 Å². The SMILES string of the molecule is CCCCC(C)(CC(F)(F)C(F)(F)C(F)(F)C(F)(F)F)c1ccncc1. The summed E-state index contributed by atoms with van der Waals surface area (Å²) in [7, 11) is 0.